The zero-order valence-corrected chi connectivity index (χ0v) is 16.6. The molecule has 4 rings (SSSR count). The Kier molecular flexibility index (Phi) is 4.66. The molecule has 0 radical (unpaired) electrons. The van der Waals surface area contributed by atoms with Gasteiger partial charge < -0.3 is 11.1 Å². The number of nitrogens with one attached hydrogen (secondary N) is 1. The van der Waals surface area contributed by atoms with Gasteiger partial charge in [0.1, 0.15) is 11.6 Å². The third-order valence-electron chi connectivity index (χ3n) is 5.18. The van der Waals surface area contributed by atoms with Crippen LogP contribution in [0.3, 0.4) is 0 Å². The molecular formula is C22H23FN6. The van der Waals surface area contributed by atoms with E-state index in [0.29, 0.717) is 18.2 Å². The van der Waals surface area contributed by atoms with Crippen molar-refractivity contribution in [1.29, 1.82) is 0 Å². The second-order valence-corrected chi connectivity index (χ2v) is 7.79. The maximum Gasteiger partial charge on any atom is 0.153 e. The summed E-state index contributed by atoms with van der Waals surface area (Å²) in [6.07, 6.45) is 0. The lowest BCUT2D eigenvalue weighted by Gasteiger charge is -2.25. The molecule has 0 amide bonds. The number of aryl methyl sites for hydroxylation is 1. The highest BCUT2D eigenvalue weighted by Gasteiger charge is 2.20. The molecule has 0 unspecified atom stereocenters. The molecular weight excluding hydrogens is 367 g/mol. The molecule has 0 aliphatic heterocycles. The van der Waals surface area contributed by atoms with Gasteiger partial charge in [-0.25, -0.2) is 4.39 Å². The van der Waals surface area contributed by atoms with Crippen molar-refractivity contribution in [2.75, 3.05) is 17.6 Å². The molecule has 2 aromatic carbocycles. The highest BCUT2D eigenvalue weighted by atomic mass is 19.1. The van der Waals surface area contributed by atoms with Crippen LogP contribution in [0.25, 0.3) is 22.2 Å². The maximum absolute atomic E-state index is 13.2. The van der Waals surface area contributed by atoms with Crippen molar-refractivity contribution < 1.29 is 4.39 Å². The molecule has 7 heteroatoms. The predicted molar refractivity (Wildman–Crippen MR) is 114 cm³/mol. The monoisotopic (exact) mass is 390 g/mol. The van der Waals surface area contributed by atoms with Crippen LogP contribution in [0.2, 0.25) is 0 Å². The second kappa shape index (κ2) is 7.16. The van der Waals surface area contributed by atoms with Crippen LogP contribution in [0.15, 0.2) is 54.6 Å². The van der Waals surface area contributed by atoms with Gasteiger partial charge in [0, 0.05) is 30.0 Å². The number of aromatic nitrogens is 4. The molecule has 0 fully saturated rings. The molecule has 0 atom stereocenters. The van der Waals surface area contributed by atoms with Crippen molar-refractivity contribution in [3.05, 3.63) is 66.0 Å². The fourth-order valence-corrected chi connectivity index (χ4v) is 3.35. The van der Waals surface area contributed by atoms with E-state index in [1.165, 1.54) is 12.1 Å². The van der Waals surface area contributed by atoms with E-state index in [-0.39, 0.29) is 11.2 Å². The number of halogens is 1. The number of nitrogens with zero attached hydrogens (tertiary/aromatic N) is 4. The predicted octanol–water partition coefficient (Wildman–Crippen LogP) is 4.14. The Bertz CT molecular complexity index is 1150. The number of hydrogen-bond donors (Lipinski definition) is 2. The minimum absolute atomic E-state index is 0.184. The van der Waals surface area contributed by atoms with Gasteiger partial charge in [-0.15, -0.1) is 10.2 Å². The first-order chi connectivity index (χ1) is 13.8. The highest BCUT2D eigenvalue weighted by molar-refractivity contribution is 5.92. The average Bonchev–Trinajstić information content (AvgIpc) is 3.00. The molecule has 3 N–H and O–H groups in total. The summed E-state index contributed by atoms with van der Waals surface area (Å²) in [5.74, 6) is 0.953. The minimum Gasteiger partial charge on any atom is -0.382 e. The van der Waals surface area contributed by atoms with Crippen LogP contribution in [-0.2, 0) is 12.5 Å². The van der Waals surface area contributed by atoms with Crippen molar-refractivity contribution >= 4 is 22.5 Å². The summed E-state index contributed by atoms with van der Waals surface area (Å²) in [7, 11) is 1.87. The Morgan fingerprint density at radius 3 is 2.48 bits per heavy atom. The number of fused-ring (bicyclic) bond motifs is 1. The Morgan fingerprint density at radius 2 is 1.79 bits per heavy atom. The third-order valence-corrected chi connectivity index (χ3v) is 5.18. The topological polar surface area (TPSA) is 81.7 Å². The van der Waals surface area contributed by atoms with E-state index in [9.17, 15) is 4.39 Å². The number of anilines is 2. The Morgan fingerprint density at radius 1 is 1.03 bits per heavy atom. The lowest BCUT2D eigenvalue weighted by molar-refractivity contribution is 0.552. The molecule has 29 heavy (non-hydrogen) atoms. The molecule has 0 bridgehead atoms. The summed E-state index contributed by atoms with van der Waals surface area (Å²) in [5.41, 5.74) is 9.52. The van der Waals surface area contributed by atoms with E-state index in [0.717, 1.165) is 27.7 Å². The van der Waals surface area contributed by atoms with Gasteiger partial charge in [0.2, 0.25) is 0 Å². The van der Waals surface area contributed by atoms with Crippen molar-refractivity contribution in [3.63, 3.8) is 0 Å². The van der Waals surface area contributed by atoms with E-state index in [1.54, 1.807) is 4.68 Å². The summed E-state index contributed by atoms with van der Waals surface area (Å²) in [4.78, 5) is 0. The van der Waals surface area contributed by atoms with Crippen molar-refractivity contribution in [3.8, 4) is 11.3 Å². The van der Waals surface area contributed by atoms with Crippen LogP contribution in [0.5, 0.6) is 0 Å². The quantitative estimate of drug-likeness (QED) is 0.535. The fourth-order valence-electron chi connectivity index (χ4n) is 3.35. The van der Waals surface area contributed by atoms with Gasteiger partial charge in [-0.2, -0.15) is 5.10 Å². The number of rotatable bonds is 5. The van der Waals surface area contributed by atoms with Gasteiger partial charge in [0.25, 0.3) is 0 Å². The SMILES string of the molecule is Cn1nc(N)c2cc(-c3ccc(NCC(C)(C)c4ccc(F)cc4)nn3)ccc21. The Balaban J connectivity index is 1.49. The van der Waals surface area contributed by atoms with E-state index < -0.39 is 0 Å². The van der Waals surface area contributed by atoms with Crippen LogP contribution in [0, 0.1) is 5.82 Å². The van der Waals surface area contributed by atoms with Gasteiger partial charge in [-0.1, -0.05) is 32.0 Å². The number of hydrogen-bond acceptors (Lipinski definition) is 5. The van der Waals surface area contributed by atoms with Gasteiger partial charge in [-0.05, 0) is 42.0 Å². The molecule has 6 nitrogen and oxygen atoms in total. The number of nitrogens with two attached hydrogens (primary N) is 1. The van der Waals surface area contributed by atoms with Gasteiger partial charge >= 0.3 is 0 Å². The van der Waals surface area contributed by atoms with Crippen molar-refractivity contribution in [2.45, 2.75) is 19.3 Å². The van der Waals surface area contributed by atoms with Crippen molar-refractivity contribution in [1.82, 2.24) is 20.0 Å². The van der Waals surface area contributed by atoms with Crippen LogP contribution >= 0.6 is 0 Å². The molecule has 0 aliphatic rings. The zero-order valence-electron chi connectivity index (χ0n) is 16.6. The third kappa shape index (κ3) is 3.76. The first-order valence-electron chi connectivity index (χ1n) is 9.40. The van der Waals surface area contributed by atoms with Gasteiger partial charge in [0.05, 0.1) is 11.2 Å². The lowest BCUT2D eigenvalue weighted by atomic mass is 9.84. The Hall–Kier alpha value is -3.48. The molecule has 2 aromatic heterocycles. The zero-order chi connectivity index (χ0) is 20.6. The van der Waals surface area contributed by atoms with Crippen molar-refractivity contribution in [2.24, 2.45) is 7.05 Å². The summed E-state index contributed by atoms with van der Waals surface area (Å²) < 4.78 is 14.9. The molecule has 0 saturated heterocycles. The maximum atomic E-state index is 13.2. The number of benzene rings is 2. The second-order valence-electron chi connectivity index (χ2n) is 7.79. The standard InChI is InChI=1S/C22H23FN6/c1-22(2,15-5-7-16(23)8-6-15)13-25-20-11-9-18(26-27-20)14-4-10-19-17(12-14)21(24)28-29(19)3/h4-12H,13H2,1-3H3,(H2,24,28)(H,25,27). The van der Waals surface area contributed by atoms with E-state index in [4.69, 9.17) is 5.73 Å². The normalized spacial score (nSPS) is 11.7. The molecule has 0 spiro atoms. The fraction of sp³-hybridized carbons (Fsp3) is 0.227. The summed E-state index contributed by atoms with van der Waals surface area (Å²) in [5, 5.41) is 17.1. The van der Waals surface area contributed by atoms with E-state index in [2.05, 4.69) is 34.5 Å². The average molecular weight is 390 g/mol. The van der Waals surface area contributed by atoms with E-state index in [1.807, 2.05) is 49.5 Å². The Labute approximate surface area is 168 Å². The van der Waals surface area contributed by atoms with Crippen LogP contribution in [0.1, 0.15) is 19.4 Å². The lowest BCUT2D eigenvalue weighted by Crippen LogP contribution is -2.28. The smallest absolute Gasteiger partial charge is 0.153 e. The molecule has 4 aromatic rings. The summed E-state index contributed by atoms with van der Waals surface area (Å²) in [6, 6.07) is 16.4. The first-order valence-corrected chi connectivity index (χ1v) is 9.40. The van der Waals surface area contributed by atoms with E-state index >= 15 is 0 Å². The summed E-state index contributed by atoms with van der Waals surface area (Å²) >= 11 is 0. The largest absolute Gasteiger partial charge is 0.382 e. The minimum atomic E-state index is -0.231. The molecule has 2 heterocycles. The van der Waals surface area contributed by atoms with Crippen LogP contribution < -0.4 is 11.1 Å². The van der Waals surface area contributed by atoms with Crippen LogP contribution in [0.4, 0.5) is 16.0 Å². The summed E-state index contributed by atoms with van der Waals surface area (Å²) in [6.45, 7) is 4.84. The van der Waals surface area contributed by atoms with Gasteiger partial charge in [-0.3, -0.25) is 4.68 Å². The van der Waals surface area contributed by atoms with Gasteiger partial charge in [0.15, 0.2) is 5.82 Å². The molecule has 0 saturated carbocycles. The first kappa shape index (κ1) is 18.9. The number of nitrogen functional groups attached to an aromatic ring is 1. The molecule has 148 valence electrons. The molecule has 0 aliphatic carbocycles. The van der Waals surface area contributed by atoms with Crippen LogP contribution in [-0.4, -0.2) is 26.5 Å². The highest BCUT2D eigenvalue weighted by Crippen LogP contribution is 2.27.